The van der Waals surface area contributed by atoms with Crippen LogP contribution in [0.2, 0.25) is 31.4 Å². The summed E-state index contributed by atoms with van der Waals surface area (Å²) in [7, 11) is 0.753. The summed E-state index contributed by atoms with van der Waals surface area (Å²) in [5, 5.41) is 0. The van der Waals surface area contributed by atoms with Gasteiger partial charge in [0.15, 0.2) is 0 Å². The number of rotatable bonds is 5. The molecule has 0 amide bonds. The Morgan fingerprint density at radius 2 is 1.38 bits per heavy atom. The molecule has 5 heteroatoms. The van der Waals surface area contributed by atoms with Crippen LogP contribution in [0, 0.1) is 0 Å². The van der Waals surface area contributed by atoms with Crippen LogP contribution in [0.1, 0.15) is 41.5 Å². The van der Waals surface area contributed by atoms with E-state index in [-0.39, 0.29) is 0 Å². The molecule has 1 nitrogen and oxygen atoms in total. The third kappa shape index (κ3) is 2.98. The van der Waals surface area contributed by atoms with E-state index in [2.05, 4.69) is 91.4 Å². The van der Waals surface area contributed by atoms with Crippen LogP contribution in [-0.4, -0.2) is 31.0 Å². The van der Waals surface area contributed by atoms with Crippen molar-refractivity contribution >= 4 is 77.0 Å². The zero-order valence-corrected chi connectivity index (χ0v) is 23.6. The number of hydrogen-bond acceptors (Lipinski definition) is 2. The van der Waals surface area contributed by atoms with Crippen LogP contribution in [0.15, 0.2) is 12.1 Å². The van der Waals surface area contributed by atoms with Gasteiger partial charge < -0.3 is 0 Å². The Kier molecular flexibility index (Phi) is 5.57. The van der Waals surface area contributed by atoms with Crippen LogP contribution in [0.5, 0.6) is 0 Å². The molecule has 26 heavy (non-hydrogen) atoms. The molecule has 3 heterocycles. The van der Waals surface area contributed by atoms with E-state index in [4.69, 9.17) is 0 Å². The molecular formula is C21H35NS2SiSn. The van der Waals surface area contributed by atoms with E-state index in [0.717, 1.165) is 16.6 Å². The van der Waals surface area contributed by atoms with E-state index < -0.39 is 26.5 Å². The SMILES string of the molecule is CC(C)[Si](c1cc2sc3c[c]([Sn]([CH3])([CH3])[CH3])n(C)c3c2s1)(C(C)C)C(C)C. The summed E-state index contributed by atoms with van der Waals surface area (Å²) in [5.74, 6) is 0. The molecule has 0 atom stereocenters. The molecule has 0 radical (unpaired) electrons. The Morgan fingerprint density at radius 3 is 1.85 bits per heavy atom. The first-order chi connectivity index (χ1) is 11.9. The molecule has 0 unspecified atom stereocenters. The number of aryl methyl sites for hydroxylation is 1. The molecule has 0 fully saturated rings. The molecule has 0 N–H and O–H groups in total. The zero-order chi connectivity index (χ0) is 19.6. The monoisotopic (exact) mass is 513 g/mol. The van der Waals surface area contributed by atoms with Crippen LogP contribution in [-0.2, 0) is 7.05 Å². The standard InChI is InChI=1S/C18H26NS2Si.3CH3.Sn/c1-11(2)22(12(3)4,13(5)6)16-10-15-18(21-16)17-14(20-15)8-9-19(17)7;;;;/h8,10-13H,1-7H3;3*1H3;. The topological polar surface area (TPSA) is 4.93 Å². The van der Waals surface area contributed by atoms with Gasteiger partial charge in [0.2, 0.25) is 0 Å². The third-order valence-corrected chi connectivity index (χ3v) is 22.4. The Hall–Kier alpha value is 0.216. The number of thiophene rings is 2. The Bertz CT molecular complexity index is 915. The van der Waals surface area contributed by atoms with E-state index in [9.17, 15) is 0 Å². The van der Waals surface area contributed by atoms with E-state index in [1.165, 1.54) is 14.9 Å². The molecule has 3 rings (SSSR count). The van der Waals surface area contributed by atoms with Crippen molar-refractivity contribution < 1.29 is 0 Å². The van der Waals surface area contributed by atoms with Crippen molar-refractivity contribution in [2.75, 3.05) is 0 Å². The van der Waals surface area contributed by atoms with E-state index >= 15 is 0 Å². The van der Waals surface area contributed by atoms with E-state index in [1.54, 1.807) is 12.9 Å². The normalized spacial score (nSPS) is 14.0. The second-order valence-electron chi connectivity index (χ2n) is 9.85. The number of nitrogens with zero attached hydrogens (tertiary/aromatic N) is 1. The molecule has 0 aliphatic carbocycles. The minimum absolute atomic E-state index is 0.778. The first-order valence-electron chi connectivity index (χ1n) is 9.95. The number of aromatic nitrogens is 1. The second-order valence-corrected chi connectivity index (χ2v) is 32.5. The van der Waals surface area contributed by atoms with Crippen LogP contribution < -0.4 is 8.21 Å². The Labute approximate surface area is 172 Å². The van der Waals surface area contributed by atoms with Crippen LogP contribution in [0.4, 0.5) is 0 Å². The van der Waals surface area contributed by atoms with Gasteiger partial charge in [-0.3, -0.25) is 0 Å². The molecule has 3 aromatic heterocycles. The summed E-state index contributed by atoms with van der Waals surface area (Å²) in [5.41, 5.74) is 3.85. The second kappa shape index (κ2) is 6.92. The summed E-state index contributed by atoms with van der Waals surface area (Å²) >= 11 is 2.09. The van der Waals surface area contributed by atoms with Gasteiger partial charge >= 0.3 is 174 Å². The first kappa shape index (κ1) is 20.9. The Balaban J connectivity index is 2.28. The Morgan fingerprint density at radius 1 is 0.846 bits per heavy atom. The summed E-state index contributed by atoms with van der Waals surface area (Å²) < 4.78 is 10.5. The van der Waals surface area contributed by atoms with Gasteiger partial charge in [-0.25, -0.2) is 0 Å². The van der Waals surface area contributed by atoms with Crippen molar-refractivity contribution in [2.24, 2.45) is 7.05 Å². The van der Waals surface area contributed by atoms with E-state index in [1.807, 2.05) is 11.3 Å². The van der Waals surface area contributed by atoms with Gasteiger partial charge in [0, 0.05) is 0 Å². The van der Waals surface area contributed by atoms with Gasteiger partial charge in [-0.05, 0) is 0 Å². The molecule has 0 aromatic carbocycles. The van der Waals surface area contributed by atoms with Crippen LogP contribution in [0.25, 0.3) is 19.6 Å². The molecule has 0 spiro atoms. The minimum atomic E-state index is -2.08. The predicted octanol–water partition coefficient (Wildman–Crippen LogP) is 6.89. The molecule has 144 valence electrons. The predicted molar refractivity (Wildman–Crippen MR) is 130 cm³/mol. The van der Waals surface area contributed by atoms with Crippen molar-refractivity contribution in [1.29, 1.82) is 0 Å². The fraction of sp³-hybridized carbons (Fsp3) is 0.619. The first-order valence-corrected chi connectivity index (χ1v) is 23.8. The maximum atomic E-state index is 2.59. The zero-order valence-electron chi connectivity index (χ0n) is 18.2. The van der Waals surface area contributed by atoms with Gasteiger partial charge in [0.25, 0.3) is 0 Å². The van der Waals surface area contributed by atoms with Crippen LogP contribution >= 0.6 is 22.7 Å². The molecular weight excluding hydrogens is 477 g/mol. The van der Waals surface area contributed by atoms with Gasteiger partial charge in [-0.2, -0.15) is 0 Å². The molecule has 0 saturated heterocycles. The van der Waals surface area contributed by atoms with Gasteiger partial charge in [-0.1, -0.05) is 0 Å². The van der Waals surface area contributed by atoms with Crippen molar-refractivity contribution in [2.45, 2.75) is 73.0 Å². The van der Waals surface area contributed by atoms with E-state index in [0.29, 0.717) is 0 Å². The van der Waals surface area contributed by atoms with Crippen molar-refractivity contribution in [1.82, 2.24) is 4.57 Å². The summed E-state index contributed by atoms with van der Waals surface area (Å²) in [4.78, 5) is 7.58. The van der Waals surface area contributed by atoms with Crippen molar-refractivity contribution in [3.05, 3.63) is 12.1 Å². The summed E-state index contributed by atoms with van der Waals surface area (Å²) in [6.45, 7) is 14.9. The number of hydrogen-bond donors (Lipinski definition) is 0. The molecule has 3 aromatic rings. The molecule has 0 aliphatic rings. The fourth-order valence-electron chi connectivity index (χ4n) is 5.44. The van der Waals surface area contributed by atoms with Crippen molar-refractivity contribution in [3.8, 4) is 0 Å². The average Bonchev–Trinajstić information content (AvgIpc) is 3.07. The molecule has 0 bridgehead atoms. The molecule has 0 aliphatic heterocycles. The summed E-state index contributed by atoms with van der Waals surface area (Å²) in [6.07, 6.45) is 0. The molecule has 0 saturated carbocycles. The van der Waals surface area contributed by atoms with Crippen molar-refractivity contribution in [3.63, 3.8) is 0 Å². The van der Waals surface area contributed by atoms with Crippen LogP contribution in [0.3, 0.4) is 0 Å². The quantitative estimate of drug-likeness (QED) is 0.329. The van der Waals surface area contributed by atoms with Gasteiger partial charge in [-0.15, -0.1) is 0 Å². The summed E-state index contributed by atoms with van der Waals surface area (Å²) in [6, 6.07) is 5.11. The maximum absolute atomic E-state index is 2.59. The third-order valence-electron chi connectivity index (χ3n) is 6.39. The van der Waals surface area contributed by atoms with Gasteiger partial charge in [0.1, 0.15) is 0 Å². The number of fused-ring (bicyclic) bond motifs is 3. The van der Waals surface area contributed by atoms with Gasteiger partial charge in [0.05, 0.1) is 0 Å². The average molecular weight is 512 g/mol. The fourth-order valence-corrected chi connectivity index (χ4v) is 22.3.